The Morgan fingerprint density at radius 3 is 3.00 bits per heavy atom. The van der Waals surface area contributed by atoms with Gasteiger partial charge in [-0.2, -0.15) is 0 Å². The van der Waals surface area contributed by atoms with E-state index in [0.29, 0.717) is 31.1 Å². The van der Waals surface area contributed by atoms with E-state index in [0.717, 1.165) is 18.8 Å². The van der Waals surface area contributed by atoms with Gasteiger partial charge in [0.1, 0.15) is 6.33 Å². The van der Waals surface area contributed by atoms with Crippen molar-refractivity contribution < 1.29 is 4.79 Å². The maximum Gasteiger partial charge on any atom is 0.224 e. The first-order valence-electron chi connectivity index (χ1n) is 7.05. The average molecular weight is 263 g/mol. The quantitative estimate of drug-likeness (QED) is 0.872. The van der Waals surface area contributed by atoms with Gasteiger partial charge in [0.05, 0.1) is 6.54 Å². The molecule has 6 heteroatoms. The molecule has 2 saturated heterocycles. The molecule has 1 aromatic rings. The van der Waals surface area contributed by atoms with Gasteiger partial charge in [-0.15, -0.1) is 10.2 Å². The number of nitrogens with zero attached hydrogens (tertiary/aromatic N) is 4. The van der Waals surface area contributed by atoms with Crippen molar-refractivity contribution in [1.29, 1.82) is 0 Å². The van der Waals surface area contributed by atoms with Crippen LogP contribution in [-0.4, -0.2) is 44.2 Å². The van der Waals surface area contributed by atoms with Crippen LogP contribution in [0, 0.1) is 0 Å². The van der Waals surface area contributed by atoms with Crippen molar-refractivity contribution in [1.82, 2.24) is 25.0 Å². The predicted octanol–water partition coefficient (Wildman–Crippen LogP) is 0.712. The van der Waals surface area contributed by atoms with Gasteiger partial charge < -0.3 is 14.8 Å². The van der Waals surface area contributed by atoms with Gasteiger partial charge in [-0.25, -0.2) is 0 Å². The van der Waals surface area contributed by atoms with Crippen LogP contribution < -0.4 is 5.32 Å². The summed E-state index contributed by atoms with van der Waals surface area (Å²) >= 11 is 0. The molecule has 0 unspecified atom stereocenters. The number of fused-ring (bicyclic) bond motifs is 2. The van der Waals surface area contributed by atoms with Gasteiger partial charge in [0, 0.05) is 31.1 Å². The molecule has 6 nitrogen and oxygen atoms in total. The molecule has 1 N–H and O–H groups in total. The first-order valence-corrected chi connectivity index (χ1v) is 7.05. The van der Waals surface area contributed by atoms with Crippen LogP contribution in [0.3, 0.4) is 0 Å². The normalized spacial score (nSPS) is 27.1. The maximum absolute atomic E-state index is 12.2. The molecule has 19 heavy (non-hydrogen) atoms. The predicted molar refractivity (Wildman–Crippen MR) is 70.4 cm³/mol. The second kappa shape index (κ2) is 4.92. The van der Waals surface area contributed by atoms with E-state index >= 15 is 0 Å². The minimum absolute atomic E-state index is 0.234. The van der Waals surface area contributed by atoms with E-state index in [2.05, 4.69) is 29.4 Å². The Kier molecular flexibility index (Phi) is 3.26. The highest BCUT2D eigenvalue weighted by Gasteiger charge is 2.33. The third-order valence-corrected chi connectivity index (χ3v) is 4.09. The van der Waals surface area contributed by atoms with E-state index in [-0.39, 0.29) is 5.91 Å². The SMILES string of the molecule is CC(C)n1cnnc1CN1C[C@@H]2CC[C@H](CC1=O)N2. The molecule has 2 aliphatic rings. The number of hydrogen-bond donors (Lipinski definition) is 1. The molecule has 0 spiro atoms. The highest BCUT2D eigenvalue weighted by Crippen LogP contribution is 2.22. The fourth-order valence-electron chi connectivity index (χ4n) is 3.05. The lowest BCUT2D eigenvalue weighted by Crippen LogP contribution is -2.37. The molecule has 0 aliphatic carbocycles. The van der Waals surface area contributed by atoms with E-state index in [1.807, 2.05) is 9.47 Å². The van der Waals surface area contributed by atoms with E-state index in [1.54, 1.807) is 6.33 Å². The first-order chi connectivity index (χ1) is 9.13. The van der Waals surface area contributed by atoms with Gasteiger partial charge >= 0.3 is 0 Å². The largest absolute Gasteiger partial charge is 0.334 e. The summed E-state index contributed by atoms with van der Waals surface area (Å²) in [5, 5.41) is 11.6. The van der Waals surface area contributed by atoms with Crippen molar-refractivity contribution in [3.63, 3.8) is 0 Å². The molecule has 0 aromatic carbocycles. The van der Waals surface area contributed by atoms with E-state index in [9.17, 15) is 4.79 Å². The standard InChI is InChI=1S/C13H21N5O/c1-9(2)18-8-14-16-12(18)7-17-6-11-4-3-10(15-11)5-13(17)19/h8-11,15H,3-7H2,1-2H3/t10-,11+/m1/s1. The zero-order chi connectivity index (χ0) is 13.4. The van der Waals surface area contributed by atoms with Gasteiger partial charge in [0.15, 0.2) is 5.82 Å². The summed E-state index contributed by atoms with van der Waals surface area (Å²) in [6.07, 6.45) is 4.66. The minimum Gasteiger partial charge on any atom is -0.334 e. The van der Waals surface area contributed by atoms with Crippen LogP contribution in [0.15, 0.2) is 6.33 Å². The highest BCUT2D eigenvalue weighted by molar-refractivity contribution is 5.77. The summed E-state index contributed by atoms with van der Waals surface area (Å²) in [5.41, 5.74) is 0. The Hall–Kier alpha value is -1.43. The third-order valence-electron chi connectivity index (χ3n) is 4.09. The van der Waals surface area contributed by atoms with Crippen LogP contribution in [0.2, 0.25) is 0 Å². The fourth-order valence-corrected chi connectivity index (χ4v) is 3.05. The van der Waals surface area contributed by atoms with Crippen LogP contribution >= 0.6 is 0 Å². The maximum atomic E-state index is 12.2. The van der Waals surface area contributed by atoms with Gasteiger partial charge in [-0.3, -0.25) is 4.79 Å². The molecular weight excluding hydrogens is 242 g/mol. The molecule has 2 fully saturated rings. The summed E-state index contributed by atoms with van der Waals surface area (Å²) in [6, 6.07) is 1.15. The van der Waals surface area contributed by atoms with E-state index < -0.39 is 0 Å². The summed E-state index contributed by atoms with van der Waals surface area (Å²) in [7, 11) is 0. The molecule has 0 saturated carbocycles. The Balaban J connectivity index is 1.74. The summed E-state index contributed by atoms with van der Waals surface area (Å²) in [6.45, 7) is 5.56. The van der Waals surface area contributed by atoms with Crippen LogP contribution in [0.1, 0.15) is 45.0 Å². The molecule has 1 aromatic heterocycles. The zero-order valence-corrected chi connectivity index (χ0v) is 11.5. The topological polar surface area (TPSA) is 63.1 Å². The summed E-state index contributed by atoms with van der Waals surface area (Å²) < 4.78 is 2.03. The Labute approximate surface area is 113 Å². The Morgan fingerprint density at radius 2 is 2.21 bits per heavy atom. The molecular formula is C13H21N5O. The molecule has 104 valence electrons. The van der Waals surface area contributed by atoms with Gasteiger partial charge in [-0.05, 0) is 26.7 Å². The Morgan fingerprint density at radius 1 is 1.42 bits per heavy atom. The van der Waals surface area contributed by atoms with Crippen LogP contribution in [0.4, 0.5) is 0 Å². The number of carbonyl (C=O) groups is 1. The van der Waals surface area contributed by atoms with Crippen molar-refractivity contribution in [3.05, 3.63) is 12.2 Å². The average Bonchev–Trinajstić information content (AvgIpc) is 2.93. The minimum atomic E-state index is 0.234. The summed E-state index contributed by atoms with van der Waals surface area (Å²) in [5.74, 6) is 1.11. The van der Waals surface area contributed by atoms with Crippen molar-refractivity contribution in [2.24, 2.45) is 0 Å². The van der Waals surface area contributed by atoms with Crippen LogP contribution in [0.5, 0.6) is 0 Å². The molecule has 3 rings (SSSR count). The molecule has 1 amide bonds. The van der Waals surface area contributed by atoms with Gasteiger partial charge in [0.2, 0.25) is 5.91 Å². The summed E-state index contributed by atoms with van der Waals surface area (Å²) in [4.78, 5) is 14.2. The monoisotopic (exact) mass is 263 g/mol. The number of carbonyl (C=O) groups excluding carboxylic acids is 1. The molecule has 2 atom stereocenters. The smallest absolute Gasteiger partial charge is 0.224 e. The van der Waals surface area contributed by atoms with Gasteiger partial charge in [0.25, 0.3) is 0 Å². The second-order valence-electron chi connectivity index (χ2n) is 5.86. The van der Waals surface area contributed by atoms with E-state index in [1.165, 1.54) is 6.42 Å². The number of likely N-dealkylation sites (tertiary alicyclic amines) is 1. The number of aromatic nitrogens is 3. The molecule has 3 heterocycles. The molecule has 0 radical (unpaired) electrons. The third kappa shape index (κ3) is 2.49. The number of rotatable bonds is 3. The lowest BCUT2D eigenvalue weighted by atomic mass is 10.1. The zero-order valence-electron chi connectivity index (χ0n) is 11.5. The number of amides is 1. The lowest BCUT2D eigenvalue weighted by molar-refractivity contribution is -0.132. The fraction of sp³-hybridized carbons (Fsp3) is 0.769. The molecule has 2 bridgehead atoms. The van der Waals surface area contributed by atoms with Crippen LogP contribution in [-0.2, 0) is 11.3 Å². The van der Waals surface area contributed by atoms with Crippen molar-refractivity contribution in [2.75, 3.05) is 6.54 Å². The van der Waals surface area contributed by atoms with E-state index in [4.69, 9.17) is 0 Å². The van der Waals surface area contributed by atoms with Crippen molar-refractivity contribution in [2.45, 2.75) is 57.8 Å². The number of nitrogens with one attached hydrogen (secondary N) is 1. The highest BCUT2D eigenvalue weighted by atomic mass is 16.2. The first kappa shape index (κ1) is 12.6. The van der Waals surface area contributed by atoms with Crippen molar-refractivity contribution >= 4 is 5.91 Å². The number of hydrogen-bond acceptors (Lipinski definition) is 4. The van der Waals surface area contributed by atoms with Crippen molar-refractivity contribution in [3.8, 4) is 0 Å². The van der Waals surface area contributed by atoms with Crippen LogP contribution in [0.25, 0.3) is 0 Å². The second-order valence-corrected chi connectivity index (χ2v) is 5.86. The molecule has 2 aliphatic heterocycles. The Bertz CT molecular complexity index is 469. The van der Waals surface area contributed by atoms with Gasteiger partial charge in [-0.1, -0.05) is 0 Å². The lowest BCUT2D eigenvalue weighted by Gasteiger charge is -2.24.